The van der Waals surface area contributed by atoms with Crippen molar-refractivity contribution < 1.29 is 4.52 Å². The molecule has 0 atom stereocenters. The molecular formula is C12H19N5O. The van der Waals surface area contributed by atoms with Crippen LogP contribution in [0.5, 0.6) is 0 Å². The van der Waals surface area contributed by atoms with Gasteiger partial charge in [-0.3, -0.25) is 4.68 Å². The minimum atomic E-state index is 0.307. The molecule has 0 unspecified atom stereocenters. The summed E-state index contributed by atoms with van der Waals surface area (Å²) in [7, 11) is 1.87. The van der Waals surface area contributed by atoms with Crippen molar-refractivity contribution in [1.29, 1.82) is 0 Å². The Morgan fingerprint density at radius 2 is 2.22 bits per heavy atom. The molecule has 0 radical (unpaired) electrons. The van der Waals surface area contributed by atoms with Gasteiger partial charge < -0.3 is 15.6 Å². The van der Waals surface area contributed by atoms with Crippen molar-refractivity contribution in [2.75, 3.05) is 11.1 Å². The zero-order valence-electron chi connectivity index (χ0n) is 11.2. The van der Waals surface area contributed by atoms with E-state index in [4.69, 9.17) is 10.3 Å². The van der Waals surface area contributed by atoms with Gasteiger partial charge in [0.15, 0.2) is 0 Å². The van der Waals surface area contributed by atoms with Crippen LogP contribution in [0.15, 0.2) is 10.6 Å². The van der Waals surface area contributed by atoms with E-state index in [1.807, 2.05) is 20.0 Å². The predicted octanol–water partition coefficient (Wildman–Crippen LogP) is 2.03. The Hall–Kier alpha value is -1.98. The molecule has 18 heavy (non-hydrogen) atoms. The molecule has 0 saturated carbocycles. The molecule has 0 saturated heterocycles. The summed E-state index contributed by atoms with van der Waals surface area (Å²) in [6.07, 6.45) is 0. The van der Waals surface area contributed by atoms with E-state index in [9.17, 15) is 0 Å². The maximum absolute atomic E-state index is 6.08. The quantitative estimate of drug-likeness (QED) is 0.866. The third kappa shape index (κ3) is 2.32. The van der Waals surface area contributed by atoms with E-state index < -0.39 is 0 Å². The fraction of sp³-hybridized carbons (Fsp3) is 0.500. The molecule has 3 N–H and O–H groups in total. The van der Waals surface area contributed by atoms with Crippen LogP contribution in [0.25, 0.3) is 0 Å². The van der Waals surface area contributed by atoms with Gasteiger partial charge in [0.25, 0.3) is 0 Å². The lowest BCUT2D eigenvalue weighted by Gasteiger charge is -2.05. The Kier molecular flexibility index (Phi) is 3.27. The number of nitrogens with zero attached hydrogens (tertiary/aromatic N) is 3. The van der Waals surface area contributed by atoms with E-state index in [1.54, 1.807) is 4.68 Å². The summed E-state index contributed by atoms with van der Waals surface area (Å²) in [6.45, 7) is 6.58. The third-order valence-electron chi connectivity index (χ3n) is 2.77. The first kappa shape index (κ1) is 12.5. The van der Waals surface area contributed by atoms with Crippen molar-refractivity contribution in [3.8, 4) is 0 Å². The highest BCUT2D eigenvalue weighted by atomic mass is 16.5. The molecule has 6 nitrogen and oxygen atoms in total. The zero-order chi connectivity index (χ0) is 13.3. The normalized spacial score (nSPS) is 11.2. The third-order valence-corrected chi connectivity index (χ3v) is 2.77. The van der Waals surface area contributed by atoms with E-state index in [-0.39, 0.29) is 0 Å². The topological polar surface area (TPSA) is 81.9 Å². The minimum Gasteiger partial charge on any atom is -0.394 e. The first-order valence-electron chi connectivity index (χ1n) is 5.97. The van der Waals surface area contributed by atoms with Crippen LogP contribution in [0, 0.1) is 6.92 Å². The summed E-state index contributed by atoms with van der Waals surface area (Å²) in [6, 6.07) is 1.89. The van der Waals surface area contributed by atoms with Gasteiger partial charge in [0.2, 0.25) is 0 Å². The van der Waals surface area contributed by atoms with E-state index in [1.165, 1.54) is 0 Å². The molecule has 2 heterocycles. The van der Waals surface area contributed by atoms with Crippen LogP contribution in [0.1, 0.15) is 36.9 Å². The average molecular weight is 249 g/mol. The summed E-state index contributed by atoms with van der Waals surface area (Å²) in [5.41, 5.74) is 8.55. The Bertz CT molecular complexity index is 541. The van der Waals surface area contributed by atoms with Crippen LogP contribution < -0.4 is 11.1 Å². The molecule has 0 aromatic carbocycles. The molecule has 0 spiro atoms. The average Bonchev–Trinajstić information content (AvgIpc) is 2.82. The first-order chi connectivity index (χ1) is 8.49. The summed E-state index contributed by atoms with van der Waals surface area (Å²) in [5.74, 6) is 1.92. The van der Waals surface area contributed by atoms with E-state index in [0.29, 0.717) is 18.2 Å². The van der Waals surface area contributed by atoms with Gasteiger partial charge in [0.1, 0.15) is 17.3 Å². The van der Waals surface area contributed by atoms with Crippen LogP contribution in [0.2, 0.25) is 0 Å². The largest absolute Gasteiger partial charge is 0.394 e. The summed E-state index contributed by atoms with van der Waals surface area (Å²) < 4.78 is 6.77. The first-order valence-corrected chi connectivity index (χ1v) is 5.97. The highest BCUT2D eigenvalue weighted by Crippen LogP contribution is 2.27. The standard InChI is InChI=1S/C12H19N5O/c1-7(2)11-10(13)12(17(4)15-11)14-6-9-5-8(3)18-16-9/h5,7,14H,6,13H2,1-4H3. The van der Waals surface area contributed by atoms with Crippen molar-refractivity contribution in [1.82, 2.24) is 14.9 Å². The predicted molar refractivity (Wildman–Crippen MR) is 70.3 cm³/mol. The van der Waals surface area contributed by atoms with Crippen LogP contribution >= 0.6 is 0 Å². The Labute approximate surface area is 106 Å². The van der Waals surface area contributed by atoms with E-state index in [0.717, 1.165) is 23.0 Å². The van der Waals surface area contributed by atoms with Crippen LogP contribution in [0.3, 0.4) is 0 Å². The van der Waals surface area contributed by atoms with Gasteiger partial charge in [0, 0.05) is 13.1 Å². The van der Waals surface area contributed by atoms with Crippen molar-refractivity contribution in [2.45, 2.75) is 33.2 Å². The van der Waals surface area contributed by atoms with Gasteiger partial charge in [-0.2, -0.15) is 5.10 Å². The molecule has 2 aromatic rings. The van der Waals surface area contributed by atoms with Crippen LogP contribution in [-0.4, -0.2) is 14.9 Å². The van der Waals surface area contributed by atoms with Gasteiger partial charge in [-0.1, -0.05) is 19.0 Å². The number of rotatable bonds is 4. The number of aromatic nitrogens is 3. The van der Waals surface area contributed by atoms with Gasteiger partial charge in [-0.25, -0.2) is 0 Å². The molecule has 0 aliphatic carbocycles. The maximum atomic E-state index is 6.08. The Balaban J connectivity index is 2.14. The second-order valence-electron chi connectivity index (χ2n) is 4.71. The fourth-order valence-corrected chi connectivity index (χ4v) is 1.87. The smallest absolute Gasteiger partial charge is 0.148 e. The van der Waals surface area contributed by atoms with Crippen molar-refractivity contribution in [3.05, 3.63) is 23.2 Å². The Morgan fingerprint density at radius 1 is 1.50 bits per heavy atom. The van der Waals surface area contributed by atoms with Crippen LogP contribution in [0.4, 0.5) is 11.5 Å². The van der Waals surface area contributed by atoms with Gasteiger partial charge in [0.05, 0.1) is 17.9 Å². The molecular weight excluding hydrogens is 230 g/mol. The number of anilines is 2. The monoisotopic (exact) mass is 249 g/mol. The van der Waals surface area contributed by atoms with Crippen LogP contribution in [-0.2, 0) is 13.6 Å². The molecule has 0 aliphatic rings. The Morgan fingerprint density at radius 3 is 2.72 bits per heavy atom. The highest BCUT2D eigenvalue weighted by Gasteiger charge is 2.15. The van der Waals surface area contributed by atoms with E-state index >= 15 is 0 Å². The zero-order valence-corrected chi connectivity index (χ0v) is 11.2. The lowest BCUT2D eigenvalue weighted by molar-refractivity contribution is 0.391. The van der Waals surface area contributed by atoms with Crippen molar-refractivity contribution in [2.24, 2.45) is 7.05 Å². The minimum absolute atomic E-state index is 0.307. The summed E-state index contributed by atoms with van der Waals surface area (Å²) >= 11 is 0. The molecule has 0 aliphatic heterocycles. The second kappa shape index (κ2) is 4.72. The van der Waals surface area contributed by atoms with Gasteiger partial charge in [-0.05, 0) is 12.8 Å². The summed E-state index contributed by atoms with van der Waals surface area (Å²) in [5, 5.41) is 11.6. The number of hydrogen-bond donors (Lipinski definition) is 2. The second-order valence-corrected chi connectivity index (χ2v) is 4.71. The molecule has 6 heteroatoms. The van der Waals surface area contributed by atoms with Gasteiger partial charge >= 0.3 is 0 Å². The number of nitrogens with one attached hydrogen (secondary N) is 1. The lowest BCUT2D eigenvalue weighted by atomic mass is 10.1. The molecule has 0 amide bonds. The molecule has 98 valence electrons. The SMILES string of the molecule is Cc1cc(CNc2c(N)c(C(C)C)nn2C)no1. The fourth-order valence-electron chi connectivity index (χ4n) is 1.87. The van der Waals surface area contributed by atoms with E-state index in [2.05, 4.69) is 29.4 Å². The van der Waals surface area contributed by atoms with Gasteiger partial charge in [-0.15, -0.1) is 0 Å². The number of aryl methyl sites for hydroxylation is 2. The highest BCUT2D eigenvalue weighted by molar-refractivity contribution is 5.65. The van der Waals surface area contributed by atoms with Crippen molar-refractivity contribution in [3.63, 3.8) is 0 Å². The molecule has 2 aromatic heterocycles. The van der Waals surface area contributed by atoms with Crippen molar-refractivity contribution >= 4 is 11.5 Å². The molecule has 2 rings (SSSR count). The molecule has 0 bridgehead atoms. The maximum Gasteiger partial charge on any atom is 0.148 e. The number of nitrogen functional groups attached to an aromatic ring is 1. The summed E-state index contributed by atoms with van der Waals surface area (Å²) in [4.78, 5) is 0. The lowest BCUT2D eigenvalue weighted by Crippen LogP contribution is -2.06. The molecule has 0 fully saturated rings. The number of hydrogen-bond acceptors (Lipinski definition) is 5. The number of nitrogens with two attached hydrogens (primary N) is 1.